The fourth-order valence-electron chi connectivity index (χ4n) is 1.63. The number of hydrogen-bond acceptors (Lipinski definition) is 3. The van der Waals surface area contributed by atoms with Crippen LogP contribution in [0.15, 0.2) is 0 Å². The molecule has 2 aliphatic rings. The molecule has 0 aromatic carbocycles. The summed E-state index contributed by atoms with van der Waals surface area (Å²) in [6.07, 6.45) is 1.78. The van der Waals surface area contributed by atoms with Gasteiger partial charge in [0.1, 0.15) is 0 Å². The summed E-state index contributed by atoms with van der Waals surface area (Å²) in [6, 6.07) is 0.705. The first-order chi connectivity index (χ1) is 5.36. The molecular formula is C8H16N2O. The number of nitrogens with one attached hydrogen (secondary N) is 1. The van der Waals surface area contributed by atoms with Crippen molar-refractivity contribution in [2.75, 3.05) is 33.3 Å². The van der Waals surface area contributed by atoms with Gasteiger partial charge in [0.15, 0.2) is 0 Å². The maximum atomic E-state index is 5.21. The van der Waals surface area contributed by atoms with E-state index >= 15 is 0 Å². The van der Waals surface area contributed by atoms with E-state index in [1.807, 2.05) is 0 Å². The normalized spacial score (nSPS) is 39.0. The number of ether oxygens (including phenoxy) is 1. The Hall–Kier alpha value is -0.120. The third-order valence-electron chi connectivity index (χ3n) is 2.58. The van der Waals surface area contributed by atoms with E-state index in [1.165, 1.54) is 13.0 Å². The van der Waals surface area contributed by atoms with Gasteiger partial charge >= 0.3 is 0 Å². The molecule has 0 spiro atoms. The molecule has 0 radical (unpaired) electrons. The highest BCUT2D eigenvalue weighted by Gasteiger charge is 2.29. The Bertz CT molecular complexity index is 136. The topological polar surface area (TPSA) is 27.8 Å². The lowest BCUT2D eigenvalue weighted by Crippen LogP contribution is -2.49. The fraction of sp³-hybridized carbons (Fsp3) is 1.00. The Kier molecular flexibility index (Phi) is 2.11. The molecule has 2 fully saturated rings. The van der Waals surface area contributed by atoms with Crippen molar-refractivity contribution in [3.05, 3.63) is 0 Å². The Morgan fingerprint density at radius 3 is 3.09 bits per heavy atom. The van der Waals surface area contributed by atoms with E-state index in [1.54, 1.807) is 0 Å². The molecule has 2 aliphatic heterocycles. The lowest BCUT2D eigenvalue weighted by Gasteiger charge is -2.32. The van der Waals surface area contributed by atoms with Gasteiger partial charge in [-0.15, -0.1) is 0 Å². The maximum Gasteiger partial charge on any atom is 0.0825 e. The number of nitrogens with zero attached hydrogens (tertiary/aromatic N) is 1. The Balaban J connectivity index is 1.78. The number of epoxide rings is 1. The zero-order valence-electron chi connectivity index (χ0n) is 7.05. The summed E-state index contributed by atoms with van der Waals surface area (Å²) in [5.41, 5.74) is 0. The number of rotatable bonds is 2. The second kappa shape index (κ2) is 3.09. The predicted molar refractivity (Wildman–Crippen MR) is 43.6 cm³/mol. The molecule has 0 saturated carbocycles. The first-order valence-electron chi connectivity index (χ1n) is 4.39. The molecule has 0 bridgehead atoms. The first kappa shape index (κ1) is 7.53. The molecular weight excluding hydrogens is 140 g/mol. The summed E-state index contributed by atoms with van der Waals surface area (Å²) < 4.78 is 5.21. The molecule has 2 unspecified atom stereocenters. The monoisotopic (exact) mass is 156 g/mol. The molecule has 1 N–H and O–H groups in total. The zero-order valence-corrected chi connectivity index (χ0v) is 7.05. The molecule has 0 aromatic rings. The van der Waals surface area contributed by atoms with Crippen molar-refractivity contribution in [3.63, 3.8) is 0 Å². The highest BCUT2D eigenvalue weighted by atomic mass is 16.6. The van der Waals surface area contributed by atoms with E-state index < -0.39 is 0 Å². The van der Waals surface area contributed by atoms with Crippen molar-refractivity contribution in [1.82, 2.24) is 10.2 Å². The van der Waals surface area contributed by atoms with Gasteiger partial charge in [0.2, 0.25) is 0 Å². The van der Waals surface area contributed by atoms with Crippen molar-refractivity contribution < 1.29 is 4.74 Å². The van der Waals surface area contributed by atoms with Crippen molar-refractivity contribution in [1.29, 1.82) is 0 Å². The Morgan fingerprint density at radius 2 is 2.45 bits per heavy atom. The second-order valence-corrected chi connectivity index (χ2v) is 3.53. The van der Waals surface area contributed by atoms with Gasteiger partial charge in [-0.25, -0.2) is 0 Å². The van der Waals surface area contributed by atoms with E-state index in [-0.39, 0.29) is 0 Å². The largest absolute Gasteiger partial charge is 0.373 e. The van der Waals surface area contributed by atoms with E-state index in [0.717, 1.165) is 19.7 Å². The standard InChI is InChI=1S/C8H16N2O/c1-10-3-2-9-5-7(10)4-8-6-11-8/h7-9H,2-6H2,1H3. The molecule has 2 saturated heterocycles. The molecule has 0 amide bonds. The molecule has 64 valence electrons. The van der Waals surface area contributed by atoms with Crippen LogP contribution in [0.1, 0.15) is 6.42 Å². The molecule has 3 nitrogen and oxygen atoms in total. The third-order valence-corrected chi connectivity index (χ3v) is 2.58. The number of hydrogen-bond donors (Lipinski definition) is 1. The lowest BCUT2D eigenvalue weighted by molar-refractivity contribution is 0.178. The summed E-state index contributed by atoms with van der Waals surface area (Å²) in [6.45, 7) is 4.44. The van der Waals surface area contributed by atoms with Crippen LogP contribution in [0.2, 0.25) is 0 Å². The minimum absolute atomic E-state index is 0.572. The first-order valence-corrected chi connectivity index (χ1v) is 4.39. The molecule has 2 heterocycles. The molecule has 0 aromatic heterocycles. The second-order valence-electron chi connectivity index (χ2n) is 3.53. The molecule has 11 heavy (non-hydrogen) atoms. The van der Waals surface area contributed by atoms with Crippen molar-refractivity contribution >= 4 is 0 Å². The quantitative estimate of drug-likeness (QED) is 0.555. The van der Waals surface area contributed by atoms with Crippen molar-refractivity contribution in [2.24, 2.45) is 0 Å². The van der Waals surface area contributed by atoms with Gasteiger partial charge < -0.3 is 15.0 Å². The van der Waals surface area contributed by atoms with Crippen LogP contribution in [0.5, 0.6) is 0 Å². The summed E-state index contributed by atoms with van der Waals surface area (Å²) >= 11 is 0. The van der Waals surface area contributed by atoms with E-state index in [0.29, 0.717) is 12.1 Å². The highest BCUT2D eigenvalue weighted by Crippen LogP contribution is 2.18. The summed E-state index contributed by atoms with van der Waals surface area (Å²) in [7, 11) is 2.20. The van der Waals surface area contributed by atoms with Crippen LogP contribution in [0, 0.1) is 0 Å². The van der Waals surface area contributed by atoms with Gasteiger partial charge in [0.05, 0.1) is 12.7 Å². The molecule has 0 aliphatic carbocycles. The maximum absolute atomic E-state index is 5.21. The van der Waals surface area contributed by atoms with Crippen LogP contribution < -0.4 is 5.32 Å². The molecule has 3 heteroatoms. The third kappa shape index (κ3) is 1.92. The van der Waals surface area contributed by atoms with Gasteiger partial charge in [-0.05, 0) is 13.5 Å². The smallest absolute Gasteiger partial charge is 0.0825 e. The average molecular weight is 156 g/mol. The Labute approximate surface area is 67.7 Å². The van der Waals surface area contributed by atoms with Gasteiger partial charge in [-0.2, -0.15) is 0 Å². The van der Waals surface area contributed by atoms with Gasteiger partial charge in [0, 0.05) is 25.7 Å². The molecule has 2 atom stereocenters. The van der Waals surface area contributed by atoms with Crippen LogP contribution >= 0.6 is 0 Å². The van der Waals surface area contributed by atoms with Gasteiger partial charge in [-0.3, -0.25) is 0 Å². The van der Waals surface area contributed by atoms with Crippen LogP contribution in [0.4, 0.5) is 0 Å². The van der Waals surface area contributed by atoms with Crippen molar-refractivity contribution in [3.8, 4) is 0 Å². The number of likely N-dealkylation sites (N-methyl/N-ethyl adjacent to an activating group) is 1. The minimum Gasteiger partial charge on any atom is -0.373 e. The number of piperazine rings is 1. The van der Waals surface area contributed by atoms with Crippen LogP contribution in [0.25, 0.3) is 0 Å². The van der Waals surface area contributed by atoms with E-state index in [4.69, 9.17) is 4.74 Å². The van der Waals surface area contributed by atoms with E-state index in [2.05, 4.69) is 17.3 Å². The zero-order chi connectivity index (χ0) is 7.68. The average Bonchev–Trinajstić information content (AvgIpc) is 2.78. The van der Waals surface area contributed by atoms with Gasteiger partial charge in [-0.1, -0.05) is 0 Å². The van der Waals surface area contributed by atoms with Crippen LogP contribution in [-0.2, 0) is 4.74 Å². The van der Waals surface area contributed by atoms with Crippen LogP contribution in [-0.4, -0.2) is 50.3 Å². The summed E-state index contributed by atoms with van der Waals surface area (Å²) in [5, 5.41) is 3.40. The van der Waals surface area contributed by atoms with Crippen molar-refractivity contribution in [2.45, 2.75) is 18.6 Å². The highest BCUT2D eigenvalue weighted by molar-refractivity contribution is 4.83. The SMILES string of the molecule is CN1CCNCC1CC1CO1. The summed E-state index contributed by atoms with van der Waals surface area (Å²) in [4.78, 5) is 2.43. The summed E-state index contributed by atoms with van der Waals surface area (Å²) in [5.74, 6) is 0. The van der Waals surface area contributed by atoms with E-state index in [9.17, 15) is 0 Å². The predicted octanol–water partition coefficient (Wildman–Crippen LogP) is -0.321. The minimum atomic E-state index is 0.572. The molecule has 2 rings (SSSR count). The fourth-order valence-corrected chi connectivity index (χ4v) is 1.63. The Morgan fingerprint density at radius 1 is 1.64 bits per heavy atom. The van der Waals surface area contributed by atoms with Crippen LogP contribution in [0.3, 0.4) is 0 Å². The van der Waals surface area contributed by atoms with Gasteiger partial charge in [0.25, 0.3) is 0 Å². The lowest BCUT2D eigenvalue weighted by atomic mass is 10.1.